The third-order valence-corrected chi connectivity index (χ3v) is 3.63. The third-order valence-electron chi connectivity index (χ3n) is 3.63. The number of carbonyl (C=O) groups excluding carboxylic acids is 2. The van der Waals surface area contributed by atoms with E-state index in [1.54, 1.807) is 23.1 Å². The van der Waals surface area contributed by atoms with E-state index in [2.05, 4.69) is 5.32 Å². The van der Waals surface area contributed by atoms with Gasteiger partial charge in [-0.1, -0.05) is 39.8 Å². The highest BCUT2D eigenvalue weighted by Gasteiger charge is 2.18. The first-order valence-electron chi connectivity index (χ1n) is 9.11. The lowest BCUT2D eigenvalue weighted by Gasteiger charge is -2.26. The summed E-state index contributed by atoms with van der Waals surface area (Å²) in [6.07, 6.45) is 0.00763. The van der Waals surface area contributed by atoms with Gasteiger partial charge in [0.15, 0.2) is 6.61 Å². The van der Waals surface area contributed by atoms with Gasteiger partial charge in [0.05, 0.1) is 11.3 Å². The van der Waals surface area contributed by atoms with Gasteiger partial charge in [-0.05, 0) is 17.9 Å². The summed E-state index contributed by atoms with van der Waals surface area (Å²) in [5, 5.41) is 13.8. The van der Waals surface area contributed by atoms with Crippen LogP contribution in [0.5, 0.6) is 0 Å². The molecule has 0 aromatic heterocycles. The van der Waals surface area contributed by atoms with E-state index >= 15 is 0 Å². The fraction of sp³-hybridized carbons (Fsp3) is 0.579. The Balaban J connectivity index is 2.44. The summed E-state index contributed by atoms with van der Waals surface area (Å²) in [6.45, 7) is 9.25. The minimum absolute atomic E-state index is 0.00763. The van der Waals surface area contributed by atoms with Crippen molar-refractivity contribution in [1.82, 2.24) is 4.90 Å². The van der Waals surface area contributed by atoms with Crippen molar-refractivity contribution in [2.24, 2.45) is 11.8 Å². The van der Waals surface area contributed by atoms with Gasteiger partial charge in [0.2, 0.25) is 0 Å². The quantitative estimate of drug-likeness (QED) is 0.360. The first-order chi connectivity index (χ1) is 12.7. The predicted molar refractivity (Wildman–Crippen MR) is 103 cm³/mol. The van der Waals surface area contributed by atoms with Gasteiger partial charge < -0.3 is 15.0 Å². The molecule has 0 fully saturated rings. The highest BCUT2D eigenvalue weighted by molar-refractivity contribution is 5.80. The van der Waals surface area contributed by atoms with Gasteiger partial charge in [0.25, 0.3) is 11.6 Å². The molecule has 150 valence electrons. The maximum absolute atomic E-state index is 12.3. The molecule has 0 unspecified atom stereocenters. The molecule has 8 heteroatoms. The van der Waals surface area contributed by atoms with Crippen molar-refractivity contribution in [3.63, 3.8) is 0 Å². The zero-order valence-electron chi connectivity index (χ0n) is 16.4. The number of nitrogens with zero attached hydrogens (tertiary/aromatic N) is 2. The lowest BCUT2D eigenvalue weighted by molar-refractivity contribution is -0.384. The molecule has 0 aliphatic carbocycles. The molecule has 1 aromatic rings. The number of carbonyl (C=O) groups is 2. The van der Waals surface area contributed by atoms with Gasteiger partial charge in [-0.2, -0.15) is 0 Å². The Morgan fingerprint density at radius 1 is 1.15 bits per heavy atom. The first-order valence-corrected chi connectivity index (χ1v) is 9.11. The van der Waals surface area contributed by atoms with E-state index in [-0.39, 0.29) is 31.2 Å². The van der Waals surface area contributed by atoms with Crippen LogP contribution in [0.25, 0.3) is 0 Å². The molecule has 8 nitrogen and oxygen atoms in total. The van der Waals surface area contributed by atoms with Crippen LogP contribution in [0.3, 0.4) is 0 Å². The lowest BCUT2D eigenvalue weighted by Crippen LogP contribution is -2.39. The molecule has 0 bridgehead atoms. The third kappa shape index (κ3) is 8.52. The van der Waals surface area contributed by atoms with E-state index in [0.29, 0.717) is 30.6 Å². The zero-order chi connectivity index (χ0) is 20.4. The number of hydrogen-bond acceptors (Lipinski definition) is 6. The van der Waals surface area contributed by atoms with Crippen molar-refractivity contribution in [2.75, 3.05) is 31.6 Å². The molecule has 1 aromatic carbocycles. The molecule has 0 saturated carbocycles. The molecule has 0 heterocycles. The number of rotatable bonds is 11. The van der Waals surface area contributed by atoms with Crippen LogP contribution < -0.4 is 5.32 Å². The summed E-state index contributed by atoms with van der Waals surface area (Å²) in [7, 11) is 0. The number of benzene rings is 1. The summed E-state index contributed by atoms with van der Waals surface area (Å²) in [4.78, 5) is 36.3. The number of nitro benzene ring substituents is 1. The molecule has 0 aliphatic heterocycles. The Kier molecular flexibility index (Phi) is 9.25. The van der Waals surface area contributed by atoms with Gasteiger partial charge in [0, 0.05) is 25.7 Å². The van der Waals surface area contributed by atoms with Crippen LogP contribution in [0.15, 0.2) is 24.3 Å². The largest absolute Gasteiger partial charge is 0.456 e. The molecule has 1 rings (SSSR count). The fourth-order valence-electron chi connectivity index (χ4n) is 2.55. The summed E-state index contributed by atoms with van der Waals surface area (Å²) in [6, 6.07) is 6.20. The van der Waals surface area contributed by atoms with Crippen LogP contribution in [0.1, 0.15) is 34.1 Å². The average molecular weight is 379 g/mol. The number of ether oxygens (including phenoxy) is 1. The lowest BCUT2D eigenvalue weighted by atomic mass is 10.1. The first kappa shape index (κ1) is 22.4. The van der Waals surface area contributed by atoms with Crippen molar-refractivity contribution < 1.29 is 19.2 Å². The summed E-state index contributed by atoms with van der Waals surface area (Å²) in [5.41, 5.74) is 0.283. The molecule has 27 heavy (non-hydrogen) atoms. The molecule has 1 amide bonds. The van der Waals surface area contributed by atoms with Gasteiger partial charge in [-0.25, -0.2) is 0 Å². The Labute approximate surface area is 160 Å². The molecule has 1 N–H and O–H groups in total. The number of esters is 1. The topological polar surface area (TPSA) is 102 Å². The normalized spacial score (nSPS) is 10.7. The Hall–Kier alpha value is -2.64. The van der Waals surface area contributed by atoms with Crippen LogP contribution in [-0.4, -0.2) is 47.9 Å². The predicted octanol–water partition coefficient (Wildman–Crippen LogP) is 3.08. The summed E-state index contributed by atoms with van der Waals surface area (Å²) < 4.78 is 5.06. The van der Waals surface area contributed by atoms with Crippen LogP contribution in [0.4, 0.5) is 11.4 Å². The van der Waals surface area contributed by atoms with E-state index < -0.39 is 10.9 Å². The van der Waals surface area contributed by atoms with Crippen molar-refractivity contribution in [3.05, 3.63) is 34.4 Å². The van der Waals surface area contributed by atoms with Crippen LogP contribution in [-0.2, 0) is 14.3 Å². The monoisotopic (exact) mass is 379 g/mol. The minimum atomic E-state index is -0.525. The van der Waals surface area contributed by atoms with Gasteiger partial charge in [-0.3, -0.25) is 19.7 Å². The van der Waals surface area contributed by atoms with E-state index in [1.807, 2.05) is 27.7 Å². The van der Waals surface area contributed by atoms with Crippen LogP contribution in [0, 0.1) is 22.0 Å². The standard InChI is InChI=1S/C19H29N3O5/c1-14(2)11-21(12-15(3)4)18(23)13-27-19(24)9-10-20-16-7-5-6-8-17(16)22(25)26/h5-8,14-15,20H,9-13H2,1-4H3. The highest BCUT2D eigenvalue weighted by atomic mass is 16.6. The Bertz CT molecular complexity index is 636. The second-order valence-electron chi connectivity index (χ2n) is 7.20. The molecule has 0 spiro atoms. The maximum atomic E-state index is 12.3. The van der Waals surface area contributed by atoms with Crippen LogP contribution >= 0.6 is 0 Å². The number of hydrogen-bond donors (Lipinski definition) is 1. The Morgan fingerprint density at radius 2 is 1.74 bits per heavy atom. The fourth-order valence-corrected chi connectivity index (χ4v) is 2.55. The number of amides is 1. The van der Waals surface area contributed by atoms with Gasteiger partial charge in [0.1, 0.15) is 5.69 Å². The van der Waals surface area contributed by atoms with Crippen molar-refractivity contribution in [3.8, 4) is 0 Å². The minimum Gasteiger partial charge on any atom is -0.456 e. The zero-order valence-corrected chi connectivity index (χ0v) is 16.4. The van der Waals surface area contributed by atoms with E-state index in [1.165, 1.54) is 6.07 Å². The summed E-state index contributed by atoms with van der Waals surface area (Å²) in [5.74, 6) is -0.0792. The SMILES string of the molecule is CC(C)CN(CC(C)C)C(=O)COC(=O)CCNc1ccccc1[N+](=O)[O-]. The van der Waals surface area contributed by atoms with Gasteiger partial charge >= 0.3 is 5.97 Å². The number of nitro groups is 1. The maximum Gasteiger partial charge on any atom is 0.308 e. The van der Waals surface area contributed by atoms with E-state index in [0.717, 1.165) is 0 Å². The van der Waals surface area contributed by atoms with Crippen molar-refractivity contribution >= 4 is 23.3 Å². The Morgan fingerprint density at radius 3 is 2.30 bits per heavy atom. The molecule has 0 radical (unpaired) electrons. The molecular weight excluding hydrogens is 350 g/mol. The van der Waals surface area contributed by atoms with Crippen molar-refractivity contribution in [1.29, 1.82) is 0 Å². The number of nitrogens with one attached hydrogen (secondary N) is 1. The van der Waals surface area contributed by atoms with E-state index in [9.17, 15) is 19.7 Å². The molecule has 0 atom stereocenters. The molecule has 0 aliphatic rings. The highest BCUT2D eigenvalue weighted by Crippen LogP contribution is 2.22. The number of anilines is 1. The summed E-state index contributed by atoms with van der Waals surface area (Å²) >= 11 is 0. The molecule has 0 saturated heterocycles. The second kappa shape index (κ2) is 11.2. The van der Waals surface area contributed by atoms with E-state index in [4.69, 9.17) is 4.74 Å². The van der Waals surface area contributed by atoms with Crippen LogP contribution in [0.2, 0.25) is 0 Å². The average Bonchev–Trinajstić information content (AvgIpc) is 2.58. The second-order valence-corrected chi connectivity index (χ2v) is 7.20. The smallest absolute Gasteiger partial charge is 0.308 e. The van der Waals surface area contributed by atoms with Gasteiger partial charge in [-0.15, -0.1) is 0 Å². The van der Waals surface area contributed by atoms with Crippen molar-refractivity contribution in [2.45, 2.75) is 34.1 Å². The molecular formula is C19H29N3O5. The number of para-hydroxylation sites is 2.